The van der Waals surface area contributed by atoms with Crippen LogP contribution < -0.4 is 10.6 Å². The largest absolute Gasteiger partial charge is 0.370 e. The van der Waals surface area contributed by atoms with E-state index in [1.807, 2.05) is 13.1 Å². The van der Waals surface area contributed by atoms with Gasteiger partial charge in [0.15, 0.2) is 0 Å². The topological polar surface area (TPSA) is 42.1 Å². The molecule has 3 nitrogen and oxygen atoms in total. The Labute approximate surface area is 109 Å². The molecular weight excluding hydrogens is 222 g/mol. The van der Waals surface area contributed by atoms with Gasteiger partial charge in [0.05, 0.1) is 17.6 Å². The van der Waals surface area contributed by atoms with Crippen LogP contribution in [0.5, 0.6) is 0 Å². The maximum Gasteiger partial charge on any atom is 0.0569 e. The van der Waals surface area contributed by atoms with Crippen molar-refractivity contribution in [2.45, 2.75) is 45.1 Å². The summed E-state index contributed by atoms with van der Waals surface area (Å²) in [4.78, 5) is 6.97. The fraction of sp³-hybridized carbons (Fsp3) is 0.667. The molecule has 1 aliphatic carbocycles. The van der Waals surface area contributed by atoms with E-state index in [0.717, 1.165) is 5.69 Å². The van der Waals surface area contributed by atoms with Crippen LogP contribution in [-0.2, 0) is 0 Å². The van der Waals surface area contributed by atoms with E-state index in [1.165, 1.54) is 50.9 Å². The third-order valence-corrected chi connectivity index (χ3v) is 4.70. The summed E-state index contributed by atoms with van der Waals surface area (Å²) in [5.74, 6) is 0. The van der Waals surface area contributed by atoms with Crippen molar-refractivity contribution in [2.75, 3.05) is 18.0 Å². The summed E-state index contributed by atoms with van der Waals surface area (Å²) in [6.07, 6.45) is 9.06. The number of nitrogens with zero attached hydrogens (tertiary/aromatic N) is 2. The van der Waals surface area contributed by atoms with E-state index < -0.39 is 0 Å². The van der Waals surface area contributed by atoms with Gasteiger partial charge in [0.2, 0.25) is 0 Å². The van der Waals surface area contributed by atoms with E-state index in [9.17, 15) is 0 Å². The maximum atomic E-state index is 5.84. The summed E-state index contributed by atoms with van der Waals surface area (Å²) in [5.41, 5.74) is 8.71. The molecule has 1 atom stereocenters. The second-order valence-corrected chi connectivity index (χ2v) is 6.11. The lowest BCUT2D eigenvalue weighted by molar-refractivity contribution is 0.341. The molecule has 1 spiro atoms. The van der Waals surface area contributed by atoms with Crippen molar-refractivity contribution in [3.63, 3.8) is 0 Å². The summed E-state index contributed by atoms with van der Waals surface area (Å²) in [7, 11) is 0. The average molecular weight is 245 g/mol. The van der Waals surface area contributed by atoms with E-state index in [1.54, 1.807) is 0 Å². The van der Waals surface area contributed by atoms with E-state index in [4.69, 9.17) is 5.73 Å². The Hall–Kier alpha value is -1.09. The van der Waals surface area contributed by atoms with Crippen LogP contribution in [0.4, 0.5) is 5.69 Å². The smallest absolute Gasteiger partial charge is 0.0569 e. The van der Waals surface area contributed by atoms with Crippen LogP contribution in [-0.4, -0.2) is 18.1 Å². The molecule has 3 heteroatoms. The first-order chi connectivity index (χ1) is 8.69. The zero-order valence-electron chi connectivity index (χ0n) is 11.2. The lowest BCUT2D eigenvalue weighted by atomic mass is 9.86. The lowest BCUT2D eigenvalue weighted by Crippen LogP contribution is -2.25. The monoisotopic (exact) mass is 245 g/mol. The molecule has 2 aliphatic rings. The third kappa shape index (κ3) is 2.12. The van der Waals surface area contributed by atoms with Crippen LogP contribution in [0.15, 0.2) is 18.3 Å². The molecule has 1 saturated carbocycles. The quantitative estimate of drug-likeness (QED) is 0.871. The van der Waals surface area contributed by atoms with Crippen molar-refractivity contribution in [3.8, 4) is 0 Å². The minimum Gasteiger partial charge on any atom is -0.370 e. The van der Waals surface area contributed by atoms with Crippen LogP contribution in [0.2, 0.25) is 0 Å². The van der Waals surface area contributed by atoms with Gasteiger partial charge in [-0.2, -0.15) is 0 Å². The van der Waals surface area contributed by atoms with Gasteiger partial charge in [0.25, 0.3) is 0 Å². The van der Waals surface area contributed by atoms with Crippen molar-refractivity contribution < 1.29 is 0 Å². The Morgan fingerprint density at radius 2 is 2.06 bits per heavy atom. The van der Waals surface area contributed by atoms with Crippen LogP contribution in [0, 0.1) is 5.41 Å². The number of nitrogens with two attached hydrogens (primary N) is 1. The average Bonchev–Trinajstić information content (AvgIpc) is 3.01. The zero-order chi connectivity index (χ0) is 12.6. The molecule has 18 heavy (non-hydrogen) atoms. The van der Waals surface area contributed by atoms with Gasteiger partial charge < -0.3 is 10.6 Å². The molecule has 0 aromatic carbocycles. The Kier molecular flexibility index (Phi) is 3.02. The molecule has 1 saturated heterocycles. The summed E-state index contributed by atoms with van der Waals surface area (Å²) in [5, 5.41) is 0. The molecule has 3 rings (SSSR count). The fourth-order valence-corrected chi connectivity index (χ4v) is 3.54. The van der Waals surface area contributed by atoms with E-state index >= 15 is 0 Å². The highest BCUT2D eigenvalue weighted by Gasteiger charge is 2.40. The minimum atomic E-state index is 0.0267. The second kappa shape index (κ2) is 4.54. The molecule has 0 unspecified atom stereocenters. The fourth-order valence-electron chi connectivity index (χ4n) is 3.54. The molecule has 1 aromatic rings. The predicted molar refractivity (Wildman–Crippen MR) is 74.6 cm³/mol. The van der Waals surface area contributed by atoms with Gasteiger partial charge in [-0.25, -0.2) is 0 Å². The molecule has 1 aliphatic heterocycles. The van der Waals surface area contributed by atoms with Crippen molar-refractivity contribution in [2.24, 2.45) is 11.1 Å². The Morgan fingerprint density at radius 1 is 1.28 bits per heavy atom. The lowest BCUT2D eigenvalue weighted by Gasteiger charge is -2.24. The van der Waals surface area contributed by atoms with Gasteiger partial charge in [-0.15, -0.1) is 0 Å². The van der Waals surface area contributed by atoms with Crippen LogP contribution >= 0.6 is 0 Å². The molecule has 0 radical (unpaired) electrons. The Morgan fingerprint density at radius 3 is 2.67 bits per heavy atom. The first-order valence-corrected chi connectivity index (χ1v) is 7.15. The molecule has 0 amide bonds. The highest BCUT2D eigenvalue weighted by molar-refractivity contribution is 5.46. The second-order valence-electron chi connectivity index (χ2n) is 6.11. The first kappa shape index (κ1) is 12.0. The molecule has 0 bridgehead atoms. The predicted octanol–water partition coefficient (Wildman–Crippen LogP) is 2.87. The molecule has 2 N–H and O–H groups in total. The minimum absolute atomic E-state index is 0.0267. The molecule has 2 fully saturated rings. The van der Waals surface area contributed by atoms with Crippen LogP contribution in [0.1, 0.15) is 50.8 Å². The standard InChI is InChI=1S/C15H23N3/c1-12(16)14-5-4-13(10-17-14)18-9-8-15(11-18)6-2-3-7-15/h4-5,10,12H,2-3,6-9,11,16H2,1H3/t12-/m0/s1. The summed E-state index contributed by atoms with van der Waals surface area (Å²) < 4.78 is 0. The number of rotatable bonds is 2. The van der Waals surface area contributed by atoms with E-state index in [0.29, 0.717) is 5.41 Å². The van der Waals surface area contributed by atoms with Crippen LogP contribution in [0.3, 0.4) is 0 Å². The number of hydrogen-bond acceptors (Lipinski definition) is 3. The van der Waals surface area contributed by atoms with Crippen molar-refractivity contribution in [3.05, 3.63) is 24.0 Å². The Bertz CT molecular complexity index is 404. The number of aromatic nitrogens is 1. The van der Waals surface area contributed by atoms with Gasteiger partial charge in [-0.1, -0.05) is 12.8 Å². The highest BCUT2D eigenvalue weighted by atomic mass is 15.2. The SMILES string of the molecule is C[C@H](N)c1ccc(N2CCC3(CCCC3)C2)cn1. The number of hydrogen-bond donors (Lipinski definition) is 1. The normalized spacial score (nSPS) is 23.8. The molecule has 98 valence electrons. The van der Waals surface area contributed by atoms with E-state index in [-0.39, 0.29) is 6.04 Å². The Balaban J connectivity index is 1.72. The first-order valence-electron chi connectivity index (χ1n) is 7.15. The summed E-state index contributed by atoms with van der Waals surface area (Å²) in [6.45, 7) is 4.40. The van der Waals surface area contributed by atoms with Crippen molar-refractivity contribution in [1.29, 1.82) is 0 Å². The number of anilines is 1. The molecule has 2 heterocycles. The van der Waals surface area contributed by atoms with Gasteiger partial charge in [0.1, 0.15) is 0 Å². The summed E-state index contributed by atoms with van der Waals surface area (Å²) >= 11 is 0. The maximum absolute atomic E-state index is 5.84. The third-order valence-electron chi connectivity index (χ3n) is 4.70. The van der Waals surface area contributed by atoms with Gasteiger partial charge in [-0.3, -0.25) is 4.98 Å². The highest BCUT2D eigenvalue weighted by Crippen LogP contribution is 2.46. The van der Waals surface area contributed by atoms with Crippen molar-refractivity contribution in [1.82, 2.24) is 4.98 Å². The van der Waals surface area contributed by atoms with Crippen LogP contribution in [0.25, 0.3) is 0 Å². The van der Waals surface area contributed by atoms with Gasteiger partial charge in [-0.05, 0) is 43.7 Å². The number of pyridine rings is 1. The van der Waals surface area contributed by atoms with Gasteiger partial charge in [0, 0.05) is 19.1 Å². The zero-order valence-corrected chi connectivity index (χ0v) is 11.2. The van der Waals surface area contributed by atoms with Crippen molar-refractivity contribution >= 4 is 5.69 Å². The molecular formula is C15H23N3. The summed E-state index contributed by atoms with van der Waals surface area (Å²) in [6, 6.07) is 4.28. The van der Waals surface area contributed by atoms with Gasteiger partial charge >= 0.3 is 0 Å². The molecule has 1 aromatic heterocycles. The van der Waals surface area contributed by atoms with E-state index in [2.05, 4.69) is 22.0 Å².